The number of aliphatic imine (C=N–C) groups is 1. The molecule has 6 heteroatoms. The Bertz CT molecular complexity index is 648. The molecule has 2 fully saturated rings. The molecular weight excluding hydrogens is 362 g/mol. The van der Waals surface area contributed by atoms with Gasteiger partial charge in [-0.2, -0.15) is 0 Å². The third-order valence-electron chi connectivity index (χ3n) is 6.20. The fourth-order valence-corrected chi connectivity index (χ4v) is 4.37. The van der Waals surface area contributed by atoms with Gasteiger partial charge in [-0.25, -0.2) is 0 Å². The molecule has 0 aromatic heterocycles. The minimum atomic E-state index is 0.320. The number of nitrogens with one attached hydrogen (secondary N) is 2. The second-order valence-corrected chi connectivity index (χ2v) is 8.58. The van der Waals surface area contributed by atoms with E-state index in [0.717, 1.165) is 51.9 Å². The molecule has 2 N–H and O–H groups in total. The zero-order chi connectivity index (χ0) is 20.6. The van der Waals surface area contributed by atoms with Crippen LogP contribution in [0.4, 0.5) is 0 Å². The molecule has 0 amide bonds. The predicted molar refractivity (Wildman–Crippen MR) is 121 cm³/mol. The largest absolute Gasteiger partial charge is 0.379 e. The summed E-state index contributed by atoms with van der Waals surface area (Å²) < 4.78 is 5.58. The van der Waals surface area contributed by atoms with Gasteiger partial charge in [0, 0.05) is 51.9 Å². The third kappa shape index (κ3) is 6.43. The monoisotopic (exact) mass is 401 g/mol. The highest BCUT2D eigenvalue weighted by molar-refractivity contribution is 5.80. The zero-order valence-electron chi connectivity index (χ0n) is 18.7. The molecule has 1 atom stereocenters. The van der Waals surface area contributed by atoms with Crippen LogP contribution in [0.1, 0.15) is 43.9 Å². The maximum atomic E-state index is 5.58. The van der Waals surface area contributed by atoms with Gasteiger partial charge in [-0.15, -0.1) is 0 Å². The first-order chi connectivity index (χ1) is 14.1. The Balaban J connectivity index is 1.58. The maximum absolute atomic E-state index is 5.58. The minimum absolute atomic E-state index is 0.320. The van der Waals surface area contributed by atoms with E-state index >= 15 is 0 Å². The van der Waals surface area contributed by atoms with Crippen molar-refractivity contribution < 1.29 is 4.74 Å². The molecule has 0 radical (unpaired) electrons. The highest BCUT2D eigenvalue weighted by Gasteiger charge is 2.24. The summed E-state index contributed by atoms with van der Waals surface area (Å²) in [5.74, 6) is 0.916. The van der Waals surface area contributed by atoms with Gasteiger partial charge in [0.15, 0.2) is 5.96 Å². The van der Waals surface area contributed by atoms with E-state index in [0.29, 0.717) is 18.1 Å². The lowest BCUT2D eigenvalue weighted by Gasteiger charge is -2.37. The van der Waals surface area contributed by atoms with E-state index in [1.165, 1.54) is 24.0 Å². The smallest absolute Gasteiger partial charge is 0.191 e. The third-order valence-corrected chi connectivity index (χ3v) is 6.20. The molecule has 1 aromatic carbocycles. The lowest BCUT2D eigenvalue weighted by molar-refractivity contribution is 0.0169. The number of hydrogen-bond donors (Lipinski definition) is 2. The summed E-state index contributed by atoms with van der Waals surface area (Å²) >= 11 is 0. The fraction of sp³-hybridized carbons (Fsp3) is 0.696. The van der Waals surface area contributed by atoms with Gasteiger partial charge in [-0.3, -0.25) is 9.89 Å². The van der Waals surface area contributed by atoms with E-state index in [-0.39, 0.29) is 0 Å². The predicted octanol–water partition coefficient (Wildman–Crippen LogP) is 2.41. The molecule has 2 heterocycles. The molecule has 6 nitrogen and oxygen atoms in total. The Morgan fingerprint density at radius 3 is 2.48 bits per heavy atom. The van der Waals surface area contributed by atoms with Crippen molar-refractivity contribution in [1.82, 2.24) is 20.4 Å². The van der Waals surface area contributed by atoms with Crippen LogP contribution in [0.3, 0.4) is 0 Å². The Hall–Kier alpha value is -1.63. The molecule has 2 aliphatic heterocycles. The number of benzene rings is 1. The number of aryl methyl sites for hydroxylation is 1. The van der Waals surface area contributed by atoms with Crippen LogP contribution in [-0.2, 0) is 4.74 Å². The molecule has 0 aliphatic carbocycles. The van der Waals surface area contributed by atoms with Crippen LogP contribution in [0.2, 0.25) is 0 Å². The summed E-state index contributed by atoms with van der Waals surface area (Å²) in [5.41, 5.74) is 2.67. The number of guanidine groups is 1. The summed E-state index contributed by atoms with van der Waals surface area (Å²) in [6.07, 6.45) is 2.34. The summed E-state index contributed by atoms with van der Waals surface area (Å²) in [4.78, 5) is 9.59. The van der Waals surface area contributed by atoms with Crippen LogP contribution >= 0.6 is 0 Å². The Kier molecular flexibility index (Phi) is 8.33. The Labute approximate surface area is 176 Å². The highest BCUT2D eigenvalue weighted by atomic mass is 16.5. The van der Waals surface area contributed by atoms with Crippen LogP contribution < -0.4 is 10.6 Å². The molecule has 0 bridgehead atoms. The quantitative estimate of drug-likeness (QED) is 0.566. The standard InChI is InChI=1S/C23H39N5O/c1-18(2)27-10-8-21(9-11-27)26-23(24-4)25-17-22(28-12-14-29-15-13-28)20-7-5-6-19(3)16-20/h5-7,16,18,21-22H,8-15,17H2,1-4H3,(H2,24,25,26). The molecule has 162 valence electrons. The lowest BCUT2D eigenvalue weighted by atomic mass is 10.0. The lowest BCUT2D eigenvalue weighted by Crippen LogP contribution is -2.51. The van der Waals surface area contributed by atoms with Gasteiger partial charge >= 0.3 is 0 Å². The van der Waals surface area contributed by atoms with Gasteiger partial charge in [-0.1, -0.05) is 29.8 Å². The molecule has 1 aromatic rings. The van der Waals surface area contributed by atoms with E-state index in [1.807, 2.05) is 7.05 Å². The zero-order valence-corrected chi connectivity index (χ0v) is 18.7. The second kappa shape index (κ2) is 11.0. The van der Waals surface area contributed by atoms with E-state index in [9.17, 15) is 0 Å². The number of hydrogen-bond acceptors (Lipinski definition) is 4. The number of ether oxygens (including phenoxy) is 1. The summed E-state index contributed by atoms with van der Waals surface area (Å²) in [6.45, 7) is 13.5. The molecule has 2 saturated heterocycles. The van der Waals surface area contributed by atoms with Crippen LogP contribution in [0, 0.1) is 6.92 Å². The van der Waals surface area contributed by atoms with Gasteiger partial charge in [0.05, 0.1) is 19.3 Å². The molecular formula is C23H39N5O. The van der Waals surface area contributed by atoms with E-state index in [2.05, 4.69) is 70.5 Å². The van der Waals surface area contributed by atoms with Crippen LogP contribution in [0.15, 0.2) is 29.3 Å². The first-order valence-electron chi connectivity index (χ1n) is 11.2. The first kappa shape index (κ1) is 22.1. The molecule has 29 heavy (non-hydrogen) atoms. The van der Waals surface area contributed by atoms with Crippen molar-refractivity contribution in [1.29, 1.82) is 0 Å². The normalized spacial score (nSPS) is 21.3. The summed E-state index contributed by atoms with van der Waals surface area (Å²) in [7, 11) is 1.87. The van der Waals surface area contributed by atoms with Crippen LogP contribution in [-0.4, -0.2) is 80.8 Å². The van der Waals surface area contributed by atoms with Crippen molar-refractivity contribution in [2.45, 2.75) is 51.7 Å². The SMILES string of the molecule is CN=C(NCC(c1cccc(C)c1)N1CCOCC1)NC1CCN(C(C)C)CC1. The van der Waals surface area contributed by atoms with Crippen molar-refractivity contribution in [3.8, 4) is 0 Å². The number of piperidine rings is 1. The number of morpholine rings is 1. The Morgan fingerprint density at radius 2 is 1.86 bits per heavy atom. The Morgan fingerprint density at radius 1 is 1.14 bits per heavy atom. The first-order valence-corrected chi connectivity index (χ1v) is 11.2. The van der Waals surface area contributed by atoms with Crippen LogP contribution in [0.5, 0.6) is 0 Å². The molecule has 2 aliphatic rings. The van der Waals surface area contributed by atoms with E-state index < -0.39 is 0 Å². The van der Waals surface area contributed by atoms with Crippen molar-refractivity contribution in [2.75, 3.05) is 53.0 Å². The molecule has 0 spiro atoms. The van der Waals surface area contributed by atoms with E-state index in [1.54, 1.807) is 0 Å². The van der Waals surface area contributed by atoms with Gasteiger partial charge in [0.2, 0.25) is 0 Å². The van der Waals surface area contributed by atoms with Crippen LogP contribution in [0.25, 0.3) is 0 Å². The summed E-state index contributed by atoms with van der Waals surface area (Å²) in [6, 6.07) is 10.3. The molecule has 0 saturated carbocycles. The van der Waals surface area contributed by atoms with Gasteiger partial charge < -0.3 is 20.3 Å². The van der Waals surface area contributed by atoms with Gasteiger partial charge in [0.1, 0.15) is 0 Å². The van der Waals surface area contributed by atoms with Gasteiger partial charge in [0.25, 0.3) is 0 Å². The highest BCUT2D eigenvalue weighted by Crippen LogP contribution is 2.22. The topological polar surface area (TPSA) is 52.1 Å². The number of likely N-dealkylation sites (tertiary alicyclic amines) is 1. The molecule has 1 unspecified atom stereocenters. The molecule has 3 rings (SSSR count). The maximum Gasteiger partial charge on any atom is 0.191 e. The fourth-order valence-electron chi connectivity index (χ4n) is 4.37. The number of nitrogens with zero attached hydrogens (tertiary/aromatic N) is 3. The van der Waals surface area contributed by atoms with Crippen molar-refractivity contribution in [3.05, 3.63) is 35.4 Å². The average Bonchev–Trinajstić information content (AvgIpc) is 2.74. The number of rotatable bonds is 6. The minimum Gasteiger partial charge on any atom is -0.379 e. The van der Waals surface area contributed by atoms with Gasteiger partial charge in [-0.05, 0) is 39.2 Å². The van der Waals surface area contributed by atoms with Crippen molar-refractivity contribution in [3.63, 3.8) is 0 Å². The average molecular weight is 402 g/mol. The second-order valence-electron chi connectivity index (χ2n) is 8.58. The van der Waals surface area contributed by atoms with Crippen molar-refractivity contribution >= 4 is 5.96 Å². The van der Waals surface area contributed by atoms with Crippen molar-refractivity contribution in [2.24, 2.45) is 4.99 Å². The summed E-state index contributed by atoms with van der Waals surface area (Å²) in [5, 5.41) is 7.26. The van der Waals surface area contributed by atoms with E-state index in [4.69, 9.17) is 4.74 Å².